The van der Waals surface area contributed by atoms with E-state index in [1.165, 1.54) is 0 Å². The highest BCUT2D eigenvalue weighted by atomic mass is 16.3. The Hall–Kier alpha value is -0.930. The van der Waals surface area contributed by atoms with Gasteiger partial charge in [0, 0.05) is 25.5 Å². The molecule has 0 radical (unpaired) electrons. The maximum atomic E-state index is 8.95. The third-order valence-electron chi connectivity index (χ3n) is 1.49. The Kier molecular flexibility index (Phi) is 3.70. The number of nitrogens with zero attached hydrogens (tertiary/aromatic N) is 1. The Morgan fingerprint density at radius 3 is 3.08 bits per heavy atom. The van der Waals surface area contributed by atoms with Crippen LogP contribution in [0, 0.1) is 0 Å². The number of aliphatic hydroxyl groups excluding tert-OH is 1. The van der Waals surface area contributed by atoms with Crippen molar-refractivity contribution >= 4 is 0 Å². The van der Waals surface area contributed by atoms with E-state index in [0.717, 1.165) is 12.1 Å². The van der Waals surface area contributed by atoms with E-state index in [4.69, 9.17) is 5.11 Å². The zero-order valence-electron chi connectivity index (χ0n) is 7.20. The van der Waals surface area contributed by atoms with Crippen molar-refractivity contribution in [1.29, 1.82) is 0 Å². The van der Waals surface area contributed by atoms with Gasteiger partial charge < -0.3 is 10.4 Å². The summed E-state index contributed by atoms with van der Waals surface area (Å²) in [6.45, 7) is 3.14. The van der Waals surface area contributed by atoms with Crippen LogP contribution in [0.4, 0.5) is 0 Å². The summed E-state index contributed by atoms with van der Waals surface area (Å²) in [6.07, 6.45) is 3.27. The van der Waals surface area contributed by atoms with E-state index in [1.807, 2.05) is 18.3 Å². The van der Waals surface area contributed by atoms with Crippen molar-refractivity contribution in [3.05, 3.63) is 30.1 Å². The van der Waals surface area contributed by atoms with Gasteiger partial charge in [-0.25, -0.2) is 0 Å². The fourth-order valence-corrected chi connectivity index (χ4v) is 0.928. The number of aliphatic hydroxyl groups is 1. The standard InChI is InChI=1S/C9H14N2O/c1-8(12)5-11-7-9-3-2-4-10-6-9/h2-4,6,8,11-12H,5,7H2,1H3. The van der Waals surface area contributed by atoms with Gasteiger partial charge in [0.1, 0.15) is 0 Å². The summed E-state index contributed by atoms with van der Waals surface area (Å²) in [5.74, 6) is 0. The molecule has 1 unspecified atom stereocenters. The molecule has 1 aromatic rings. The Morgan fingerprint density at radius 1 is 1.67 bits per heavy atom. The second-order valence-corrected chi connectivity index (χ2v) is 2.84. The van der Waals surface area contributed by atoms with E-state index in [9.17, 15) is 0 Å². The van der Waals surface area contributed by atoms with Gasteiger partial charge in [0.25, 0.3) is 0 Å². The number of pyridine rings is 1. The first kappa shape index (κ1) is 9.16. The second kappa shape index (κ2) is 4.85. The van der Waals surface area contributed by atoms with Crippen LogP contribution in [0.1, 0.15) is 12.5 Å². The van der Waals surface area contributed by atoms with Crippen molar-refractivity contribution < 1.29 is 5.11 Å². The number of rotatable bonds is 4. The van der Waals surface area contributed by atoms with E-state index >= 15 is 0 Å². The van der Waals surface area contributed by atoms with Crippen molar-refractivity contribution in [2.24, 2.45) is 0 Å². The van der Waals surface area contributed by atoms with Gasteiger partial charge in [0.15, 0.2) is 0 Å². The first-order valence-electron chi connectivity index (χ1n) is 4.06. The molecule has 0 spiro atoms. The molecular weight excluding hydrogens is 152 g/mol. The van der Waals surface area contributed by atoms with Crippen molar-refractivity contribution in [2.45, 2.75) is 19.6 Å². The molecule has 0 aromatic carbocycles. The van der Waals surface area contributed by atoms with Crippen LogP contribution in [0.25, 0.3) is 0 Å². The molecule has 3 heteroatoms. The SMILES string of the molecule is CC(O)CNCc1cccnc1. The average molecular weight is 166 g/mol. The third-order valence-corrected chi connectivity index (χ3v) is 1.49. The molecule has 1 atom stereocenters. The predicted molar refractivity (Wildman–Crippen MR) is 47.6 cm³/mol. The molecule has 0 aliphatic rings. The lowest BCUT2D eigenvalue weighted by atomic mass is 10.3. The summed E-state index contributed by atoms with van der Waals surface area (Å²) in [5, 5.41) is 12.1. The molecule has 1 rings (SSSR count). The summed E-state index contributed by atoms with van der Waals surface area (Å²) in [4.78, 5) is 3.98. The fourth-order valence-electron chi connectivity index (χ4n) is 0.928. The predicted octanol–water partition coefficient (Wildman–Crippen LogP) is 0.552. The molecule has 1 aromatic heterocycles. The lowest BCUT2D eigenvalue weighted by Gasteiger charge is -2.05. The highest BCUT2D eigenvalue weighted by Gasteiger charge is 1.94. The highest BCUT2D eigenvalue weighted by molar-refractivity contribution is 5.07. The average Bonchev–Trinajstić information content (AvgIpc) is 2.05. The van der Waals surface area contributed by atoms with E-state index in [2.05, 4.69) is 10.3 Å². The summed E-state index contributed by atoms with van der Waals surface area (Å²) >= 11 is 0. The number of hydrogen-bond acceptors (Lipinski definition) is 3. The molecular formula is C9H14N2O. The van der Waals surface area contributed by atoms with Crippen LogP contribution < -0.4 is 5.32 Å². The minimum atomic E-state index is -0.290. The molecule has 0 bridgehead atoms. The first-order valence-corrected chi connectivity index (χ1v) is 4.06. The Bertz CT molecular complexity index is 211. The molecule has 1 heterocycles. The molecule has 3 nitrogen and oxygen atoms in total. The largest absolute Gasteiger partial charge is 0.392 e. The topological polar surface area (TPSA) is 45.1 Å². The lowest BCUT2D eigenvalue weighted by molar-refractivity contribution is 0.191. The summed E-state index contributed by atoms with van der Waals surface area (Å²) in [5.41, 5.74) is 1.14. The van der Waals surface area contributed by atoms with Gasteiger partial charge >= 0.3 is 0 Å². The summed E-state index contributed by atoms with van der Waals surface area (Å²) in [6, 6.07) is 3.90. The zero-order chi connectivity index (χ0) is 8.81. The number of nitrogens with one attached hydrogen (secondary N) is 1. The van der Waals surface area contributed by atoms with Gasteiger partial charge in [-0.05, 0) is 18.6 Å². The summed E-state index contributed by atoms with van der Waals surface area (Å²) in [7, 11) is 0. The molecule has 12 heavy (non-hydrogen) atoms. The van der Waals surface area contributed by atoms with Crippen LogP contribution in [0.2, 0.25) is 0 Å². The quantitative estimate of drug-likeness (QED) is 0.686. The highest BCUT2D eigenvalue weighted by Crippen LogP contribution is 1.93. The van der Waals surface area contributed by atoms with Crippen molar-refractivity contribution in [3.63, 3.8) is 0 Å². The number of aromatic nitrogens is 1. The van der Waals surface area contributed by atoms with Crippen molar-refractivity contribution in [2.75, 3.05) is 6.54 Å². The van der Waals surface area contributed by atoms with E-state index in [1.54, 1.807) is 13.1 Å². The van der Waals surface area contributed by atoms with E-state index in [-0.39, 0.29) is 6.10 Å². The second-order valence-electron chi connectivity index (χ2n) is 2.84. The smallest absolute Gasteiger partial charge is 0.0636 e. The Labute approximate surface area is 72.5 Å². The van der Waals surface area contributed by atoms with Gasteiger partial charge in [-0.3, -0.25) is 4.98 Å². The number of hydrogen-bond donors (Lipinski definition) is 2. The van der Waals surface area contributed by atoms with Crippen LogP contribution in [-0.2, 0) is 6.54 Å². The van der Waals surface area contributed by atoms with Gasteiger partial charge in [0.05, 0.1) is 6.10 Å². The minimum Gasteiger partial charge on any atom is -0.392 e. The van der Waals surface area contributed by atoms with Crippen LogP contribution in [0.5, 0.6) is 0 Å². The summed E-state index contributed by atoms with van der Waals surface area (Å²) < 4.78 is 0. The van der Waals surface area contributed by atoms with Gasteiger partial charge in [-0.2, -0.15) is 0 Å². The monoisotopic (exact) mass is 166 g/mol. The molecule has 0 amide bonds. The maximum Gasteiger partial charge on any atom is 0.0636 e. The normalized spacial score (nSPS) is 12.8. The van der Waals surface area contributed by atoms with Gasteiger partial charge in [-0.15, -0.1) is 0 Å². The molecule has 0 aliphatic heterocycles. The van der Waals surface area contributed by atoms with Crippen molar-refractivity contribution in [3.8, 4) is 0 Å². The van der Waals surface area contributed by atoms with Crippen LogP contribution in [-0.4, -0.2) is 22.7 Å². The van der Waals surface area contributed by atoms with Crippen LogP contribution >= 0.6 is 0 Å². The molecule has 0 saturated heterocycles. The van der Waals surface area contributed by atoms with Gasteiger partial charge in [0.2, 0.25) is 0 Å². The Morgan fingerprint density at radius 2 is 2.50 bits per heavy atom. The first-order chi connectivity index (χ1) is 5.79. The molecule has 0 fully saturated rings. The lowest BCUT2D eigenvalue weighted by Crippen LogP contribution is -2.23. The maximum absolute atomic E-state index is 8.95. The molecule has 0 aliphatic carbocycles. The molecule has 2 N–H and O–H groups in total. The third kappa shape index (κ3) is 3.46. The fraction of sp³-hybridized carbons (Fsp3) is 0.444. The Balaban J connectivity index is 2.25. The van der Waals surface area contributed by atoms with Crippen LogP contribution in [0.15, 0.2) is 24.5 Å². The molecule has 66 valence electrons. The minimum absolute atomic E-state index is 0.290. The van der Waals surface area contributed by atoms with E-state index in [0.29, 0.717) is 6.54 Å². The van der Waals surface area contributed by atoms with Crippen LogP contribution in [0.3, 0.4) is 0 Å². The van der Waals surface area contributed by atoms with Crippen molar-refractivity contribution in [1.82, 2.24) is 10.3 Å². The van der Waals surface area contributed by atoms with Gasteiger partial charge in [-0.1, -0.05) is 6.07 Å². The van der Waals surface area contributed by atoms with E-state index < -0.39 is 0 Å². The molecule has 0 saturated carbocycles. The zero-order valence-corrected chi connectivity index (χ0v) is 7.20.